The zero-order chi connectivity index (χ0) is 14.7. The van der Waals surface area contributed by atoms with Crippen LogP contribution in [0, 0.1) is 0 Å². The molecule has 0 N–H and O–H groups in total. The number of ether oxygens (including phenoxy) is 1. The molecule has 0 aliphatic carbocycles. The molecular weight excluding hydrogens is 258 g/mol. The Labute approximate surface area is 127 Å². The molecule has 2 aromatic carbocycles. The number of methoxy groups -OCH3 is 1. The number of benzene rings is 2. The van der Waals surface area contributed by atoms with Gasteiger partial charge >= 0.3 is 0 Å². The molecule has 0 spiro atoms. The molecule has 2 heteroatoms. The van der Waals surface area contributed by atoms with E-state index in [0.717, 1.165) is 25.3 Å². The molecule has 1 aliphatic heterocycles. The van der Waals surface area contributed by atoms with Crippen molar-refractivity contribution in [2.45, 2.75) is 32.7 Å². The van der Waals surface area contributed by atoms with Crippen LogP contribution in [0.15, 0.2) is 42.5 Å². The number of hydrogen-bond acceptors (Lipinski definition) is 2. The molecule has 0 saturated heterocycles. The number of fused-ring (bicyclic) bond motifs is 1. The van der Waals surface area contributed by atoms with Crippen molar-refractivity contribution in [3.8, 4) is 5.75 Å². The highest BCUT2D eigenvalue weighted by Gasteiger charge is 2.17. The first-order chi connectivity index (χ1) is 10.3. The summed E-state index contributed by atoms with van der Waals surface area (Å²) in [6, 6.07) is 15.4. The molecule has 0 atom stereocenters. The van der Waals surface area contributed by atoms with Crippen molar-refractivity contribution in [1.29, 1.82) is 0 Å². The highest BCUT2D eigenvalue weighted by molar-refractivity contribution is 5.57. The summed E-state index contributed by atoms with van der Waals surface area (Å²) in [5.74, 6) is 0.922. The van der Waals surface area contributed by atoms with E-state index in [2.05, 4.69) is 42.2 Å². The lowest BCUT2D eigenvalue weighted by molar-refractivity contribution is 0.414. The van der Waals surface area contributed by atoms with E-state index in [9.17, 15) is 0 Å². The van der Waals surface area contributed by atoms with E-state index in [1.54, 1.807) is 7.11 Å². The van der Waals surface area contributed by atoms with E-state index < -0.39 is 0 Å². The van der Waals surface area contributed by atoms with Gasteiger partial charge in [0.1, 0.15) is 5.75 Å². The monoisotopic (exact) mass is 281 g/mol. The number of rotatable bonds is 4. The van der Waals surface area contributed by atoms with Crippen molar-refractivity contribution in [1.82, 2.24) is 0 Å². The first kappa shape index (κ1) is 14.0. The standard InChI is InChI=1S/C19H23NO/c1-3-15-8-11-19-17(13-15)5-4-12-20(19)14-16-6-9-18(21-2)10-7-16/h6-11,13H,3-5,12,14H2,1-2H3. The molecule has 0 fully saturated rings. The number of anilines is 1. The number of hydrogen-bond donors (Lipinski definition) is 0. The van der Waals surface area contributed by atoms with E-state index in [-0.39, 0.29) is 0 Å². The Morgan fingerprint density at radius 1 is 1.05 bits per heavy atom. The van der Waals surface area contributed by atoms with Gasteiger partial charge in [-0.15, -0.1) is 0 Å². The molecule has 2 aromatic rings. The highest BCUT2D eigenvalue weighted by Crippen LogP contribution is 2.29. The molecule has 0 radical (unpaired) electrons. The van der Waals surface area contributed by atoms with Crippen LogP contribution in [0.25, 0.3) is 0 Å². The summed E-state index contributed by atoms with van der Waals surface area (Å²) < 4.78 is 5.23. The van der Waals surface area contributed by atoms with Crippen molar-refractivity contribution in [2.24, 2.45) is 0 Å². The second-order valence-electron chi connectivity index (χ2n) is 5.69. The van der Waals surface area contributed by atoms with E-state index in [0.29, 0.717) is 0 Å². The minimum absolute atomic E-state index is 0.922. The lowest BCUT2D eigenvalue weighted by Gasteiger charge is -2.32. The third-order valence-corrected chi connectivity index (χ3v) is 4.30. The summed E-state index contributed by atoms with van der Waals surface area (Å²) in [5, 5.41) is 0. The van der Waals surface area contributed by atoms with Crippen LogP contribution in [-0.4, -0.2) is 13.7 Å². The SMILES string of the molecule is CCc1ccc2c(c1)CCCN2Cc1ccc(OC)cc1. The van der Waals surface area contributed by atoms with Gasteiger partial charge in [-0.2, -0.15) is 0 Å². The van der Waals surface area contributed by atoms with Gasteiger partial charge in [-0.1, -0.05) is 31.2 Å². The Bertz CT molecular complexity index is 603. The Morgan fingerprint density at radius 2 is 1.81 bits per heavy atom. The molecule has 0 amide bonds. The topological polar surface area (TPSA) is 12.5 Å². The summed E-state index contributed by atoms with van der Waals surface area (Å²) in [6.45, 7) is 4.34. The quantitative estimate of drug-likeness (QED) is 0.832. The van der Waals surface area contributed by atoms with Crippen molar-refractivity contribution in [3.05, 3.63) is 59.2 Å². The fourth-order valence-electron chi connectivity index (χ4n) is 3.06. The second kappa shape index (κ2) is 6.21. The van der Waals surface area contributed by atoms with E-state index in [1.165, 1.54) is 35.2 Å². The summed E-state index contributed by atoms with van der Waals surface area (Å²) in [4.78, 5) is 2.50. The van der Waals surface area contributed by atoms with Crippen LogP contribution >= 0.6 is 0 Å². The molecular formula is C19H23NO. The van der Waals surface area contributed by atoms with Crippen LogP contribution in [0.3, 0.4) is 0 Å². The molecule has 0 bridgehead atoms. The van der Waals surface area contributed by atoms with Crippen LogP contribution in [0.4, 0.5) is 5.69 Å². The molecule has 1 heterocycles. The summed E-state index contributed by atoms with van der Waals surface area (Å²) in [7, 11) is 1.71. The van der Waals surface area contributed by atoms with E-state index in [4.69, 9.17) is 4.74 Å². The first-order valence-corrected chi connectivity index (χ1v) is 7.80. The van der Waals surface area contributed by atoms with Crippen molar-refractivity contribution < 1.29 is 4.74 Å². The van der Waals surface area contributed by atoms with Gasteiger partial charge in [-0.25, -0.2) is 0 Å². The zero-order valence-corrected chi connectivity index (χ0v) is 12.9. The van der Waals surface area contributed by atoms with E-state index in [1.807, 2.05) is 12.1 Å². The fraction of sp³-hybridized carbons (Fsp3) is 0.368. The van der Waals surface area contributed by atoms with Gasteiger partial charge < -0.3 is 9.64 Å². The van der Waals surface area contributed by atoms with Crippen molar-refractivity contribution >= 4 is 5.69 Å². The third-order valence-electron chi connectivity index (χ3n) is 4.30. The van der Waals surface area contributed by atoms with Gasteiger partial charge in [0.2, 0.25) is 0 Å². The van der Waals surface area contributed by atoms with Crippen LogP contribution in [0.2, 0.25) is 0 Å². The maximum Gasteiger partial charge on any atom is 0.118 e. The van der Waals surface area contributed by atoms with Crippen LogP contribution < -0.4 is 9.64 Å². The highest BCUT2D eigenvalue weighted by atomic mass is 16.5. The lowest BCUT2D eigenvalue weighted by Crippen LogP contribution is -2.28. The smallest absolute Gasteiger partial charge is 0.118 e. The third kappa shape index (κ3) is 3.05. The predicted molar refractivity (Wildman–Crippen MR) is 88.2 cm³/mol. The minimum Gasteiger partial charge on any atom is -0.497 e. The molecule has 3 rings (SSSR count). The molecule has 2 nitrogen and oxygen atoms in total. The summed E-state index contributed by atoms with van der Waals surface area (Å²) >= 11 is 0. The number of aryl methyl sites for hydroxylation is 2. The zero-order valence-electron chi connectivity index (χ0n) is 12.9. The van der Waals surface area contributed by atoms with Crippen LogP contribution in [0.5, 0.6) is 5.75 Å². The van der Waals surface area contributed by atoms with E-state index >= 15 is 0 Å². The summed E-state index contributed by atoms with van der Waals surface area (Å²) in [6.07, 6.45) is 3.57. The normalized spacial score (nSPS) is 13.9. The lowest BCUT2D eigenvalue weighted by atomic mass is 9.98. The molecule has 21 heavy (non-hydrogen) atoms. The van der Waals surface area contributed by atoms with Gasteiger partial charge in [0.05, 0.1) is 7.11 Å². The van der Waals surface area contributed by atoms with Gasteiger partial charge in [0, 0.05) is 18.8 Å². The van der Waals surface area contributed by atoms with Crippen LogP contribution in [0.1, 0.15) is 30.0 Å². The Balaban J connectivity index is 1.81. The molecule has 0 unspecified atom stereocenters. The molecule has 0 aromatic heterocycles. The maximum absolute atomic E-state index is 5.23. The van der Waals surface area contributed by atoms with Gasteiger partial charge in [0.25, 0.3) is 0 Å². The molecule has 1 aliphatic rings. The van der Waals surface area contributed by atoms with Crippen LogP contribution in [-0.2, 0) is 19.4 Å². The van der Waals surface area contributed by atoms with Gasteiger partial charge in [0.15, 0.2) is 0 Å². The largest absolute Gasteiger partial charge is 0.497 e. The van der Waals surface area contributed by atoms with Crippen molar-refractivity contribution in [3.63, 3.8) is 0 Å². The Hall–Kier alpha value is -1.96. The first-order valence-electron chi connectivity index (χ1n) is 7.80. The summed E-state index contributed by atoms with van der Waals surface area (Å²) in [5.41, 5.74) is 5.70. The van der Waals surface area contributed by atoms with Crippen molar-refractivity contribution in [2.75, 3.05) is 18.6 Å². The predicted octanol–water partition coefficient (Wildman–Crippen LogP) is 4.21. The maximum atomic E-state index is 5.23. The van der Waals surface area contributed by atoms with Gasteiger partial charge in [-0.05, 0) is 54.2 Å². The average molecular weight is 281 g/mol. The molecule has 0 saturated carbocycles. The van der Waals surface area contributed by atoms with Gasteiger partial charge in [-0.3, -0.25) is 0 Å². The fourth-order valence-corrected chi connectivity index (χ4v) is 3.06. The average Bonchev–Trinajstić information content (AvgIpc) is 2.55. The molecule has 110 valence electrons. The second-order valence-corrected chi connectivity index (χ2v) is 5.69. The number of nitrogens with zero attached hydrogens (tertiary/aromatic N) is 1. The Morgan fingerprint density at radius 3 is 2.52 bits per heavy atom. The minimum atomic E-state index is 0.922. The Kier molecular flexibility index (Phi) is 4.14.